The lowest BCUT2D eigenvalue weighted by Crippen LogP contribution is -2.36. The number of nitrogens with two attached hydrogens (primary N) is 1. The van der Waals surface area contributed by atoms with E-state index in [1.165, 1.54) is 0 Å². The molecule has 174 valence electrons. The van der Waals surface area contributed by atoms with Gasteiger partial charge in [0, 0.05) is 11.1 Å². The Morgan fingerprint density at radius 1 is 0.941 bits per heavy atom. The van der Waals surface area contributed by atoms with Crippen LogP contribution in [0.5, 0.6) is 0 Å². The standard InChI is InChI=1S/C28H29N3O3/c1-18(25(29)28(32)33)9-6-10-20-11-7-14-22(17-20)26-30-31-27(34-26)24-16-8-15-23(19(24)2)21-12-4-3-5-13-21/h3-5,7-8,11-18,25H,6,9-10,29H2,1-2H3,(H,32,33)/t18-,25-/m0/s1. The Morgan fingerprint density at radius 3 is 2.38 bits per heavy atom. The Labute approximate surface area is 199 Å². The summed E-state index contributed by atoms with van der Waals surface area (Å²) in [7, 11) is 0. The number of hydrogen-bond acceptors (Lipinski definition) is 5. The van der Waals surface area contributed by atoms with Gasteiger partial charge in [0.2, 0.25) is 11.8 Å². The van der Waals surface area contributed by atoms with Crippen LogP contribution in [0.2, 0.25) is 0 Å². The second-order valence-corrected chi connectivity index (χ2v) is 8.69. The molecule has 4 aromatic rings. The molecule has 3 aromatic carbocycles. The SMILES string of the molecule is Cc1c(-c2ccccc2)cccc1-c1nnc(-c2cccc(CCC[C@H](C)[C@H](N)C(=O)O)c2)o1. The molecule has 0 fully saturated rings. The first kappa shape index (κ1) is 23.4. The third kappa shape index (κ3) is 5.24. The van der Waals surface area contributed by atoms with Crippen LogP contribution in [0.4, 0.5) is 0 Å². The minimum Gasteiger partial charge on any atom is -0.480 e. The second kappa shape index (κ2) is 10.4. The maximum absolute atomic E-state index is 11.0. The fourth-order valence-electron chi connectivity index (χ4n) is 4.16. The highest BCUT2D eigenvalue weighted by Gasteiger charge is 2.19. The highest BCUT2D eigenvalue weighted by molar-refractivity contribution is 5.75. The average Bonchev–Trinajstić information content (AvgIpc) is 3.34. The predicted octanol–water partition coefficient (Wildman–Crippen LogP) is 5.75. The van der Waals surface area contributed by atoms with Gasteiger partial charge in [0.15, 0.2) is 0 Å². The van der Waals surface area contributed by atoms with E-state index >= 15 is 0 Å². The molecule has 0 amide bonds. The van der Waals surface area contributed by atoms with Gasteiger partial charge in [-0.05, 0) is 72.6 Å². The molecule has 0 saturated heterocycles. The Morgan fingerprint density at radius 2 is 1.62 bits per heavy atom. The van der Waals surface area contributed by atoms with Crippen molar-refractivity contribution >= 4 is 5.97 Å². The first-order valence-corrected chi connectivity index (χ1v) is 11.5. The van der Waals surface area contributed by atoms with Crippen molar-refractivity contribution in [2.75, 3.05) is 0 Å². The van der Waals surface area contributed by atoms with Gasteiger partial charge in [0.25, 0.3) is 0 Å². The minimum atomic E-state index is -0.953. The summed E-state index contributed by atoms with van der Waals surface area (Å²) in [5, 5.41) is 17.7. The van der Waals surface area contributed by atoms with Gasteiger partial charge in [-0.25, -0.2) is 0 Å². The van der Waals surface area contributed by atoms with Crippen LogP contribution in [0.3, 0.4) is 0 Å². The van der Waals surface area contributed by atoms with Crippen LogP contribution in [-0.4, -0.2) is 27.3 Å². The lowest BCUT2D eigenvalue weighted by molar-refractivity contribution is -0.139. The van der Waals surface area contributed by atoms with Crippen molar-refractivity contribution in [1.29, 1.82) is 0 Å². The quantitative estimate of drug-likeness (QED) is 0.333. The summed E-state index contributed by atoms with van der Waals surface area (Å²) in [4.78, 5) is 11.0. The maximum atomic E-state index is 11.0. The average molecular weight is 456 g/mol. The molecule has 0 spiro atoms. The fraction of sp³-hybridized carbons (Fsp3) is 0.250. The first-order valence-electron chi connectivity index (χ1n) is 11.5. The van der Waals surface area contributed by atoms with Gasteiger partial charge < -0.3 is 15.3 Å². The van der Waals surface area contributed by atoms with E-state index in [1.807, 2.05) is 55.5 Å². The smallest absolute Gasteiger partial charge is 0.320 e. The van der Waals surface area contributed by atoms with Gasteiger partial charge in [0.1, 0.15) is 6.04 Å². The summed E-state index contributed by atoms with van der Waals surface area (Å²) in [6.45, 7) is 3.95. The Kier molecular flexibility index (Phi) is 7.18. The van der Waals surface area contributed by atoms with Crippen molar-refractivity contribution in [2.24, 2.45) is 11.7 Å². The van der Waals surface area contributed by atoms with E-state index < -0.39 is 12.0 Å². The van der Waals surface area contributed by atoms with E-state index in [0.717, 1.165) is 52.6 Å². The molecule has 34 heavy (non-hydrogen) atoms. The van der Waals surface area contributed by atoms with E-state index in [9.17, 15) is 4.79 Å². The molecule has 6 nitrogen and oxygen atoms in total. The number of rotatable bonds is 9. The monoisotopic (exact) mass is 455 g/mol. The zero-order valence-electron chi connectivity index (χ0n) is 19.4. The number of nitrogens with zero attached hydrogens (tertiary/aromatic N) is 2. The normalized spacial score (nSPS) is 12.9. The molecule has 3 N–H and O–H groups in total. The van der Waals surface area contributed by atoms with Crippen molar-refractivity contribution in [1.82, 2.24) is 10.2 Å². The third-order valence-electron chi connectivity index (χ3n) is 6.27. The number of carboxylic acid groups (broad SMARTS) is 1. The molecule has 2 atom stereocenters. The molecule has 0 radical (unpaired) electrons. The topological polar surface area (TPSA) is 102 Å². The Balaban J connectivity index is 1.50. The molecule has 0 bridgehead atoms. The largest absolute Gasteiger partial charge is 0.480 e. The second-order valence-electron chi connectivity index (χ2n) is 8.69. The third-order valence-corrected chi connectivity index (χ3v) is 6.27. The van der Waals surface area contributed by atoms with Gasteiger partial charge in [-0.1, -0.05) is 61.5 Å². The molecular formula is C28H29N3O3. The van der Waals surface area contributed by atoms with Crippen LogP contribution in [-0.2, 0) is 11.2 Å². The number of carbonyl (C=O) groups is 1. The van der Waals surface area contributed by atoms with Crippen LogP contribution in [0.15, 0.2) is 77.2 Å². The van der Waals surface area contributed by atoms with E-state index in [-0.39, 0.29) is 5.92 Å². The van der Waals surface area contributed by atoms with Crippen molar-refractivity contribution in [2.45, 2.75) is 39.2 Å². The van der Waals surface area contributed by atoms with Gasteiger partial charge in [-0.2, -0.15) is 0 Å². The summed E-state index contributed by atoms with van der Waals surface area (Å²) < 4.78 is 6.08. The van der Waals surface area contributed by atoms with Gasteiger partial charge in [-0.3, -0.25) is 4.79 Å². The lowest BCUT2D eigenvalue weighted by Gasteiger charge is -2.15. The summed E-state index contributed by atoms with van der Waals surface area (Å²) in [5.74, 6) is -0.0601. The molecule has 0 aliphatic rings. The highest BCUT2D eigenvalue weighted by Crippen LogP contribution is 2.32. The van der Waals surface area contributed by atoms with Crippen LogP contribution >= 0.6 is 0 Å². The number of aliphatic carboxylic acids is 1. The number of hydrogen-bond donors (Lipinski definition) is 2. The van der Waals surface area contributed by atoms with Crippen molar-refractivity contribution in [3.05, 3.63) is 83.9 Å². The zero-order chi connectivity index (χ0) is 24.1. The number of aromatic nitrogens is 2. The highest BCUT2D eigenvalue weighted by atomic mass is 16.4. The van der Waals surface area contributed by atoms with Crippen molar-refractivity contribution < 1.29 is 14.3 Å². The molecule has 0 aliphatic heterocycles. The summed E-state index contributed by atoms with van der Waals surface area (Å²) in [5.41, 5.74) is 12.0. The number of benzene rings is 3. The van der Waals surface area contributed by atoms with Gasteiger partial charge in [0.05, 0.1) is 0 Å². The minimum absolute atomic E-state index is 0.0749. The molecule has 0 saturated carbocycles. The van der Waals surface area contributed by atoms with E-state index in [1.54, 1.807) is 0 Å². The molecular weight excluding hydrogens is 426 g/mol. The zero-order valence-corrected chi connectivity index (χ0v) is 19.4. The van der Waals surface area contributed by atoms with Crippen LogP contribution in [0.1, 0.15) is 30.9 Å². The molecule has 1 aromatic heterocycles. The van der Waals surface area contributed by atoms with Gasteiger partial charge >= 0.3 is 5.97 Å². The van der Waals surface area contributed by atoms with Crippen LogP contribution in [0, 0.1) is 12.8 Å². The van der Waals surface area contributed by atoms with E-state index in [4.69, 9.17) is 15.3 Å². The Bertz CT molecular complexity index is 1270. The molecule has 1 heterocycles. The summed E-state index contributed by atoms with van der Waals surface area (Å²) in [6.07, 6.45) is 2.43. The molecule has 6 heteroatoms. The van der Waals surface area contributed by atoms with Crippen LogP contribution < -0.4 is 5.73 Å². The lowest BCUT2D eigenvalue weighted by atomic mass is 9.95. The first-order chi connectivity index (χ1) is 16.4. The fourth-order valence-corrected chi connectivity index (χ4v) is 4.16. The molecule has 0 unspecified atom stereocenters. The number of aryl methyl sites for hydroxylation is 1. The van der Waals surface area contributed by atoms with Crippen molar-refractivity contribution in [3.63, 3.8) is 0 Å². The molecule has 0 aliphatic carbocycles. The maximum Gasteiger partial charge on any atom is 0.320 e. The summed E-state index contributed by atoms with van der Waals surface area (Å²) in [6, 6.07) is 23.5. The van der Waals surface area contributed by atoms with E-state index in [2.05, 4.69) is 41.4 Å². The van der Waals surface area contributed by atoms with Gasteiger partial charge in [-0.15, -0.1) is 10.2 Å². The predicted molar refractivity (Wildman–Crippen MR) is 133 cm³/mol. The summed E-state index contributed by atoms with van der Waals surface area (Å²) >= 11 is 0. The van der Waals surface area contributed by atoms with E-state index in [0.29, 0.717) is 11.8 Å². The van der Waals surface area contributed by atoms with Crippen molar-refractivity contribution in [3.8, 4) is 34.0 Å². The van der Waals surface area contributed by atoms with Crippen LogP contribution in [0.25, 0.3) is 34.0 Å². The Hall–Kier alpha value is -3.77. The number of carboxylic acids is 1. The molecule has 4 rings (SSSR count).